The summed E-state index contributed by atoms with van der Waals surface area (Å²) < 4.78 is 28.2. The Kier molecular flexibility index (Phi) is 7.63. The zero-order valence-corrected chi connectivity index (χ0v) is 18.3. The van der Waals surface area contributed by atoms with Gasteiger partial charge in [-0.05, 0) is 29.2 Å². The lowest BCUT2D eigenvalue weighted by atomic mass is 10.0. The molecule has 0 aliphatic heterocycles. The average Bonchev–Trinajstić information content (AvgIpc) is 3.16. The third kappa shape index (κ3) is 6.52. The van der Waals surface area contributed by atoms with E-state index in [0.29, 0.717) is 10.3 Å². The molecule has 1 amide bonds. The summed E-state index contributed by atoms with van der Waals surface area (Å²) in [6.45, 7) is 4.33. The molecule has 4 nitrogen and oxygen atoms in total. The minimum absolute atomic E-state index is 0.0336. The van der Waals surface area contributed by atoms with Gasteiger partial charge in [-0.3, -0.25) is 4.79 Å². The molecule has 0 aliphatic carbocycles. The van der Waals surface area contributed by atoms with Crippen molar-refractivity contribution in [3.8, 4) is 0 Å². The molecule has 0 saturated carbocycles. The number of hydrogen-bond donors (Lipinski definition) is 1. The van der Waals surface area contributed by atoms with Crippen molar-refractivity contribution >= 4 is 46.5 Å². The second kappa shape index (κ2) is 10.2. The number of nitrogens with zero attached hydrogens (tertiary/aromatic N) is 2. The number of rotatable bonds is 8. The van der Waals surface area contributed by atoms with Crippen LogP contribution in [0.3, 0.4) is 0 Å². The van der Waals surface area contributed by atoms with Crippen LogP contribution in [0, 0.1) is 11.6 Å². The fourth-order valence-electron chi connectivity index (χ4n) is 2.36. The summed E-state index contributed by atoms with van der Waals surface area (Å²) in [7, 11) is 0. The zero-order chi connectivity index (χ0) is 20.8. The summed E-state index contributed by atoms with van der Waals surface area (Å²) in [6.07, 6.45) is 0. The van der Waals surface area contributed by atoms with Gasteiger partial charge in [-0.1, -0.05) is 73.0 Å². The van der Waals surface area contributed by atoms with Crippen LogP contribution in [0.25, 0.3) is 0 Å². The van der Waals surface area contributed by atoms with Crippen LogP contribution in [-0.4, -0.2) is 21.9 Å². The first kappa shape index (κ1) is 21.7. The Labute approximate surface area is 180 Å². The van der Waals surface area contributed by atoms with Crippen LogP contribution in [0.5, 0.6) is 0 Å². The highest BCUT2D eigenvalue weighted by Gasteiger charge is 2.12. The molecule has 9 heteroatoms. The molecule has 0 radical (unpaired) electrons. The molecule has 3 rings (SSSR count). The zero-order valence-electron chi connectivity index (χ0n) is 15.8. The lowest BCUT2D eigenvalue weighted by Gasteiger charge is -2.06. The molecule has 0 fully saturated rings. The Morgan fingerprint density at radius 3 is 2.45 bits per heavy atom. The second-order valence-electron chi connectivity index (χ2n) is 6.48. The van der Waals surface area contributed by atoms with Crippen LogP contribution in [0.1, 0.15) is 30.9 Å². The predicted octanol–water partition coefficient (Wildman–Crippen LogP) is 5.96. The minimum atomic E-state index is -0.680. The Bertz CT molecular complexity index is 977. The number of aromatic nitrogens is 2. The fraction of sp³-hybridized carbons (Fsp3) is 0.250. The molecule has 1 aromatic heterocycles. The minimum Gasteiger partial charge on any atom is -0.323 e. The Balaban J connectivity index is 1.47. The molecule has 0 atom stereocenters. The van der Waals surface area contributed by atoms with Gasteiger partial charge in [0.1, 0.15) is 11.6 Å². The summed E-state index contributed by atoms with van der Waals surface area (Å²) in [5, 5.41) is 10.6. The normalized spacial score (nSPS) is 11.1. The number of nitrogens with one attached hydrogen (secondary N) is 1. The maximum absolute atomic E-state index is 13.6. The molecule has 0 spiro atoms. The SMILES string of the molecule is CC(C)c1ccc(CSc2nnc(SCC(=O)Nc3cc(F)ccc3F)s2)cc1. The van der Waals surface area contributed by atoms with E-state index in [0.717, 1.165) is 28.3 Å². The number of thioether (sulfide) groups is 2. The number of halogens is 2. The number of anilines is 1. The van der Waals surface area contributed by atoms with Crippen LogP contribution in [0.4, 0.5) is 14.5 Å². The third-order valence-corrected chi connectivity index (χ3v) is 7.19. The van der Waals surface area contributed by atoms with Crippen molar-refractivity contribution in [3.05, 3.63) is 65.2 Å². The summed E-state index contributed by atoms with van der Waals surface area (Å²) in [6, 6.07) is 11.4. The van der Waals surface area contributed by atoms with Crippen LogP contribution in [-0.2, 0) is 10.5 Å². The third-order valence-electron chi connectivity index (χ3n) is 3.93. The van der Waals surface area contributed by atoms with E-state index in [4.69, 9.17) is 0 Å². The maximum atomic E-state index is 13.6. The van der Waals surface area contributed by atoms with E-state index in [-0.39, 0.29) is 11.4 Å². The fourth-order valence-corrected chi connectivity index (χ4v) is 5.14. The van der Waals surface area contributed by atoms with Gasteiger partial charge in [0.2, 0.25) is 5.91 Å². The molecule has 0 saturated heterocycles. The van der Waals surface area contributed by atoms with Crippen LogP contribution in [0.2, 0.25) is 0 Å². The van der Waals surface area contributed by atoms with E-state index in [9.17, 15) is 13.6 Å². The molecule has 0 bridgehead atoms. The molecule has 0 unspecified atom stereocenters. The lowest BCUT2D eigenvalue weighted by Crippen LogP contribution is -2.15. The van der Waals surface area contributed by atoms with Crippen LogP contribution >= 0.6 is 34.9 Å². The van der Waals surface area contributed by atoms with E-state index in [2.05, 4.69) is 53.6 Å². The van der Waals surface area contributed by atoms with Gasteiger partial charge in [-0.2, -0.15) is 0 Å². The van der Waals surface area contributed by atoms with E-state index in [1.807, 2.05) is 0 Å². The largest absolute Gasteiger partial charge is 0.323 e. The first-order valence-electron chi connectivity index (χ1n) is 8.83. The van der Waals surface area contributed by atoms with Crippen molar-refractivity contribution in [3.63, 3.8) is 0 Å². The van der Waals surface area contributed by atoms with Crippen LogP contribution < -0.4 is 5.32 Å². The molecular weight excluding hydrogens is 432 g/mol. The van der Waals surface area contributed by atoms with Gasteiger partial charge in [0.15, 0.2) is 8.68 Å². The van der Waals surface area contributed by atoms with E-state index in [1.165, 1.54) is 34.2 Å². The first-order valence-corrected chi connectivity index (χ1v) is 11.6. The molecule has 3 aromatic rings. The Hall–Kier alpha value is -1.97. The standard InChI is InChI=1S/C20H19F2N3OS3/c1-12(2)14-5-3-13(4-6-14)10-27-19-24-25-20(29-19)28-11-18(26)23-17-9-15(21)7-8-16(17)22/h3-9,12H,10-11H2,1-2H3,(H,23,26). The van der Waals surface area contributed by atoms with Gasteiger partial charge in [-0.15, -0.1) is 10.2 Å². The number of amides is 1. The van der Waals surface area contributed by atoms with Gasteiger partial charge in [0.05, 0.1) is 11.4 Å². The quantitative estimate of drug-likeness (QED) is 0.428. The average molecular weight is 452 g/mol. The van der Waals surface area contributed by atoms with Crippen molar-refractivity contribution in [1.82, 2.24) is 10.2 Å². The van der Waals surface area contributed by atoms with E-state index in [1.54, 1.807) is 11.8 Å². The number of carbonyl (C=O) groups is 1. The van der Waals surface area contributed by atoms with Crippen LogP contribution in [0.15, 0.2) is 51.1 Å². The van der Waals surface area contributed by atoms with E-state index < -0.39 is 17.5 Å². The molecule has 29 heavy (non-hydrogen) atoms. The lowest BCUT2D eigenvalue weighted by molar-refractivity contribution is -0.113. The maximum Gasteiger partial charge on any atom is 0.234 e. The summed E-state index contributed by atoms with van der Waals surface area (Å²) in [4.78, 5) is 12.0. The molecule has 0 aliphatic rings. The summed E-state index contributed by atoms with van der Waals surface area (Å²) in [5.41, 5.74) is 2.35. The van der Waals surface area contributed by atoms with Crippen molar-refractivity contribution in [2.75, 3.05) is 11.1 Å². The van der Waals surface area contributed by atoms with E-state index >= 15 is 0 Å². The van der Waals surface area contributed by atoms with Gasteiger partial charge in [0, 0.05) is 11.8 Å². The van der Waals surface area contributed by atoms with Crippen molar-refractivity contribution in [2.45, 2.75) is 34.2 Å². The molecule has 152 valence electrons. The molecular formula is C20H19F2N3OS3. The smallest absolute Gasteiger partial charge is 0.234 e. The van der Waals surface area contributed by atoms with Gasteiger partial charge >= 0.3 is 0 Å². The number of benzene rings is 2. The molecule has 1 heterocycles. The van der Waals surface area contributed by atoms with Crippen molar-refractivity contribution < 1.29 is 13.6 Å². The Morgan fingerprint density at radius 1 is 1.07 bits per heavy atom. The second-order valence-corrected chi connectivity index (χ2v) is 9.90. The van der Waals surface area contributed by atoms with Gasteiger partial charge in [-0.25, -0.2) is 8.78 Å². The highest BCUT2D eigenvalue weighted by molar-refractivity contribution is 8.03. The first-order chi connectivity index (χ1) is 13.9. The monoisotopic (exact) mass is 451 g/mol. The highest BCUT2D eigenvalue weighted by Crippen LogP contribution is 2.31. The molecule has 1 N–H and O–H groups in total. The van der Waals surface area contributed by atoms with Gasteiger partial charge < -0.3 is 5.32 Å². The van der Waals surface area contributed by atoms with Gasteiger partial charge in [0.25, 0.3) is 0 Å². The highest BCUT2D eigenvalue weighted by atomic mass is 32.2. The summed E-state index contributed by atoms with van der Waals surface area (Å²) >= 11 is 4.20. The predicted molar refractivity (Wildman–Crippen MR) is 116 cm³/mol. The molecule has 2 aromatic carbocycles. The summed E-state index contributed by atoms with van der Waals surface area (Å²) in [5.74, 6) is -0.397. The van der Waals surface area contributed by atoms with Crippen molar-refractivity contribution in [1.29, 1.82) is 0 Å². The Morgan fingerprint density at radius 2 is 1.76 bits per heavy atom. The number of hydrogen-bond acceptors (Lipinski definition) is 6. The number of carbonyl (C=O) groups excluding carboxylic acids is 1. The van der Waals surface area contributed by atoms with Crippen molar-refractivity contribution in [2.24, 2.45) is 0 Å². The topological polar surface area (TPSA) is 54.9 Å².